The molecule has 0 fully saturated rings. The molecule has 2 aromatic heterocycles. The van der Waals surface area contributed by atoms with Crippen LogP contribution >= 0.6 is 11.6 Å². The van der Waals surface area contributed by atoms with Gasteiger partial charge in [0, 0.05) is 31.8 Å². The zero-order valence-electron chi connectivity index (χ0n) is 13.5. The first-order chi connectivity index (χ1) is 10.2. The lowest BCUT2D eigenvalue weighted by molar-refractivity contribution is 0.0902. The van der Waals surface area contributed by atoms with E-state index in [9.17, 15) is 4.39 Å². The third kappa shape index (κ3) is 3.77. The summed E-state index contributed by atoms with van der Waals surface area (Å²) in [6.45, 7) is 13.8. The molecule has 22 heavy (non-hydrogen) atoms. The zero-order chi connectivity index (χ0) is 16.5. The number of nitrogens with zero attached hydrogens (tertiary/aromatic N) is 2. The fraction of sp³-hybridized carbons (Fsp3) is 0.438. The molecular weight excluding hydrogens is 319 g/mol. The molecule has 0 saturated heterocycles. The van der Waals surface area contributed by atoms with Crippen LogP contribution in [0.5, 0.6) is 0 Å². The molecule has 0 aliphatic carbocycles. The number of aromatic nitrogens is 2. The summed E-state index contributed by atoms with van der Waals surface area (Å²) in [4.78, 5) is 3.90. The largest absolute Gasteiger partial charge is 0.361 e. The lowest BCUT2D eigenvalue weighted by Crippen LogP contribution is -2.21. The van der Waals surface area contributed by atoms with E-state index in [4.69, 9.17) is 16.3 Å². The minimum Gasteiger partial charge on any atom is -0.361 e. The van der Waals surface area contributed by atoms with Gasteiger partial charge in [-0.25, -0.2) is 9.37 Å². The predicted molar refractivity (Wildman–Crippen MR) is 93.5 cm³/mol. The van der Waals surface area contributed by atoms with E-state index < -0.39 is 13.9 Å². The van der Waals surface area contributed by atoms with Crippen LogP contribution in [0.4, 0.5) is 4.39 Å². The van der Waals surface area contributed by atoms with Gasteiger partial charge in [-0.05, 0) is 18.5 Å². The first-order valence-corrected chi connectivity index (χ1v) is 11.4. The van der Waals surface area contributed by atoms with Gasteiger partial charge < -0.3 is 9.30 Å². The van der Waals surface area contributed by atoms with Crippen LogP contribution in [-0.2, 0) is 11.5 Å². The second kappa shape index (κ2) is 6.52. The van der Waals surface area contributed by atoms with Gasteiger partial charge in [0.25, 0.3) is 0 Å². The van der Waals surface area contributed by atoms with E-state index in [1.165, 1.54) is 0 Å². The summed E-state index contributed by atoms with van der Waals surface area (Å²) in [5.74, 6) is -0.502. The first kappa shape index (κ1) is 17.2. The molecule has 2 aromatic rings. The van der Waals surface area contributed by atoms with Crippen molar-refractivity contribution in [1.82, 2.24) is 9.55 Å². The molecule has 0 radical (unpaired) electrons. The SMILES string of the molecule is C=C(C)c1cn(COCC[Si](C)(C)C)c2cnc(Cl)c(F)c12. The summed E-state index contributed by atoms with van der Waals surface area (Å²) in [5, 5.41) is 0.341. The average Bonchev–Trinajstić information content (AvgIpc) is 2.77. The maximum Gasteiger partial charge on any atom is 0.170 e. The molecule has 0 bridgehead atoms. The van der Waals surface area contributed by atoms with E-state index in [1.54, 1.807) is 6.20 Å². The summed E-state index contributed by atoms with van der Waals surface area (Å²) in [5.41, 5.74) is 2.20. The molecule has 2 rings (SSSR count). The van der Waals surface area contributed by atoms with Gasteiger partial charge in [0.1, 0.15) is 6.73 Å². The monoisotopic (exact) mass is 340 g/mol. The predicted octanol–water partition coefficient (Wildman–Crippen LogP) is 5.17. The van der Waals surface area contributed by atoms with Crippen molar-refractivity contribution in [3.8, 4) is 0 Å². The molecule has 0 N–H and O–H groups in total. The summed E-state index contributed by atoms with van der Waals surface area (Å²) in [6.07, 6.45) is 3.43. The Bertz CT molecular complexity index is 706. The van der Waals surface area contributed by atoms with E-state index in [2.05, 4.69) is 31.2 Å². The van der Waals surface area contributed by atoms with E-state index >= 15 is 0 Å². The molecule has 2 heterocycles. The number of hydrogen-bond acceptors (Lipinski definition) is 2. The Hall–Kier alpha value is -1.17. The zero-order valence-corrected chi connectivity index (χ0v) is 15.3. The summed E-state index contributed by atoms with van der Waals surface area (Å²) in [7, 11) is -1.12. The molecule has 0 spiro atoms. The van der Waals surface area contributed by atoms with Crippen LogP contribution in [0.2, 0.25) is 30.8 Å². The topological polar surface area (TPSA) is 27.1 Å². The fourth-order valence-corrected chi connectivity index (χ4v) is 3.09. The van der Waals surface area contributed by atoms with Crippen molar-refractivity contribution in [2.75, 3.05) is 6.61 Å². The Morgan fingerprint density at radius 2 is 2.14 bits per heavy atom. The lowest BCUT2D eigenvalue weighted by Gasteiger charge is -2.15. The van der Waals surface area contributed by atoms with Gasteiger partial charge in [0.2, 0.25) is 0 Å². The minimum atomic E-state index is -1.12. The van der Waals surface area contributed by atoms with Crippen LogP contribution in [0.1, 0.15) is 12.5 Å². The minimum absolute atomic E-state index is 0.118. The molecule has 0 aliphatic heterocycles. The van der Waals surface area contributed by atoms with E-state index in [-0.39, 0.29) is 5.15 Å². The summed E-state index contributed by atoms with van der Waals surface area (Å²) < 4.78 is 21.9. The van der Waals surface area contributed by atoms with Crippen molar-refractivity contribution in [3.05, 3.63) is 35.5 Å². The van der Waals surface area contributed by atoms with Crippen molar-refractivity contribution in [2.24, 2.45) is 0 Å². The molecule has 0 aliphatic rings. The molecule has 0 saturated carbocycles. The maximum absolute atomic E-state index is 14.3. The number of ether oxygens (including phenoxy) is 1. The van der Waals surface area contributed by atoms with Crippen LogP contribution in [0.25, 0.3) is 16.5 Å². The van der Waals surface area contributed by atoms with Crippen LogP contribution < -0.4 is 0 Å². The Labute approximate surface area is 136 Å². The molecule has 0 amide bonds. The van der Waals surface area contributed by atoms with Crippen molar-refractivity contribution in [1.29, 1.82) is 0 Å². The molecule has 0 atom stereocenters. The van der Waals surface area contributed by atoms with Gasteiger partial charge in [-0.3, -0.25) is 0 Å². The second-order valence-corrected chi connectivity index (χ2v) is 12.7. The number of hydrogen-bond donors (Lipinski definition) is 0. The third-order valence-electron chi connectivity index (χ3n) is 3.51. The van der Waals surface area contributed by atoms with E-state index in [1.807, 2.05) is 17.7 Å². The average molecular weight is 341 g/mol. The highest BCUT2D eigenvalue weighted by atomic mass is 35.5. The lowest BCUT2D eigenvalue weighted by atomic mass is 10.1. The summed E-state index contributed by atoms with van der Waals surface area (Å²) in [6, 6.07) is 1.10. The van der Waals surface area contributed by atoms with Crippen molar-refractivity contribution in [3.63, 3.8) is 0 Å². The molecule has 0 aromatic carbocycles. The van der Waals surface area contributed by atoms with Crippen molar-refractivity contribution in [2.45, 2.75) is 39.3 Å². The van der Waals surface area contributed by atoms with Gasteiger partial charge >= 0.3 is 0 Å². The Balaban J connectivity index is 2.27. The van der Waals surface area contributed by atoms with E-state index in [0.29, 0.717) is 24.2 Å². The molecule has 6 heteroatoms. The molecular formula is C16H22ClFN2OSi. The smallest absolute Gasteiger partial charge is 0.170 e. The normalized spacial score (nSPS) is 12.1. The Morgan fingerprint density at radius 3 is 2.73 bits per heavy atom. The van der Waals surface area contributed by atoms with Gasteiger partial charge in [-0.2, -0.15) is 0 Å². The number of halogens is 2. The van der Waals surface area contributed by atoms with Crippen LogP contribution in [0, 0.1) is 5.82 Å². The van der Waals surface area contributed by atoms with Crippen molar-refractivity contribution >= 4 is 36.2 Å². The summed E-state index contributed by atoms with van der Waals surface area (Å²) >= 11 is 5.80. The second-order valence-electron chi connectivity index (χ2n) is 6.76. The number of allylic oxidation sites excluding steroid dienone is 1. The van der Waals surface area contributed by atoms with Gasteiger partial charge in [-0.1, -0.05) is 37.8 Å². The molecule has 0 unspecified atom stereocenters. The highest BCUT2D eigenvalue weighted by Gasteiger charge is 2.17. The standard InChI is InChI=1S/C16H22ClFN2OSi/c1-11(2)12-9-20(10-21-6-7-22(3,4)5)13-8-19-16(17)15(18)14(12)13/h8-9H,1,6-7,10H2,2-5H3. The fourth-order valence-electron chi connectivity index (χ4n) is 2.19. The van der Waals surface area contributed by atoms with Crippen molar-refractivity contribution < 1.29 is 9.13 Å². The quantitative estimate of drug-likeness (QED) is 0.412. The number of rotatable bonds is 6. The van der Waals surface area contributed by atoms with Crippen LogP contribution in [0.3, 0.4) is 0 Å². The highest BCUT2D eigenvalue weighted by Crippen LogP contribution is 2.31. The highest BCUT2D eigenvalue weighted by molar-refractivity contribution is 6.76. The third-order valence-corrected chi connectivity index (χ3v) is 5.47. The molecule has 120 valence electrons. The van der Waals surface area contributed by atoms with Crippen LogP contribution in [-0.4, -0.2) is 24.2 Å². The number of pyridine rings is 1. The van der Waals surface area contributed by atoms with Gasteiger partial charge in [0.15, 0.2) is 11.0 Å². The Morgan fingerprint density at radius 1 is 1.45 bits per heavy atom. The van der Waals surface area contributed by atoms with Crippen LogP contribution in [0.15, 0.2) is 19.0 Å². The van der Waals surface area contributed by atoms with Gasteiger partial charge in [-0.15, -0.1) is 0 Å². The Kier molecular flexibility index (Phi) is 5.09. The number of fused-ring (bicyclic) bond motifs is 1. The molecule has 3 nitrogen and oxygen atoms in total. The first-order valence-electron chi connectivity index (χ1n) is 7.27. The van der Waals surface area contributed by atoms with Gasteiger partial charge in [0.05, 0.1) is 11.7 Å². The van der Waals surface area contributed by atoms with E-state index in [0.717, 1.165) is 17.2 Å². The maximum atomic E-state index is 14.3.